The fourth-order valence-electron chi connectivity index (χ4n) is 0.440. The molecule has 0 aliphatic carbocycles. The van der Waals surface area contributed by atoms with Crippen molar-refractivity contribution in [3.63, 3.8) is 0 Å². The van der Waals surface area contributed by atoms with E-state index in [1.807, 2.05) is 0 Å². The molecule has 0 fully saturated rings. The Morgan fingerprint density at radius 3 is 1.62 bits per heavy atom. The summed E-state index contributed by atoms with van der Waals surface area (Å²) in [5, 5.41) is 0. The van der Waals surface area contributed by atoms with Crippen LogP contribution in [0.5, 0.6) is 0 Å². The van der Waals surface area contributed by atoms with Crippen LogP contribution in [0, 0.1) is 0 Å². The molecule has 1 N–H and O–H groups in total. The fraction of sp³-hybridized carbons (Fsp3) is 0. The number of halogens is 2. The van der Waals surface area contributed by atoms with E-state index in [-0.39, 0.29) is 70.1 Å². The molecular weight excluding hydrogens is 243 g/mol. The topological polar surface area (TPSA) is 76.9 Å². The molecule has 0 aliphatic rings. The Morgan fingerprint density at radius 1 is 1.00 bits per heavy atom. The van der Waals surface area contributed by atoms with Gasteiger partial charge in [-0.15, -0.1) is 8.17 Å². The zero-order valence-corrected chi connectivity index (χ0v) is 12.4. The van der Waals surface area contributed by atoms with Crippen molar-refractivity contribution in [2.45, 2.75) is 0 Å². The van der Waals surface area contributed by atoms with Crippen LogP contribution in [-0.2, 0) is 0 Å². The monoisotopic (exact) mass is 245 g/mol. The van der Waals surface area contributed by atoms with Crippen LogP contribution in [0.15, 0.2) is 14.4 Å². The number of aromatic amines is 1. The molecule has 1 heterocycles. The molecule has 10 heteroatoms. The molecule has 0 amide bonds. The van der Waals surface area contributed by atoms with Gasteiger partial charge < -0.3 is 2.85 Å². The number of nitrogens with zero attached hydrogens (tertiary/aromatic N) is 2. The maximum absolute atomic E-state index is 10.7. The van der Waals surface area contributed by atoms with Crippen LogP contribution < -0.4 is 76.2 Å². The first-order chi connectivity index (χ1) is 5.04. The second kappa shape index (κ2) is 6.47. The molecule has 64 valence electrons. The van der Waals surface area contributed by atoms with Crippen LogP contribution in [0.25, 0.3) is 0 Å². The van der Waals surface area contributed by atoms with Crippen LogP contribution >= 0.6 is 23.6 Å². The average Bonchev–Trinajstić information content (AvgIpc) is 1.97. The van der Waals surface area contributed by atoms with Gasteiger partial charge in [0.15, 0.2) is 0 Å². The quantitative estimate of drug-likeness (QED) is 0.462. The minimum atomic E-state index is -1.10. The van der Waals surface area contributed by atoms with Crippen molar-refractivity contribution in [2.75, 3.05) is 0 Å². The molecule has 0 aliphatic heterocycles. The van der Waals surface area contributed by atoms with Crippen LogP contribution in [0.1, 0.15) is 2.85 Å². The molecule has 0 spiro atoms. The van der Waals surface area contributed by atoms with Gasteiger partial charge in [-0.05, 0) is 0 Å². The van der Waals surface area contributed by atoms with Crippen molar-refractivity contribution < 1.29 is 62.0 Å². The summed E-state index contributed by atoms with van der Waals surface area (Å²) in [4.78, 5) is 33.4. The summed E-state index contributed by atoms with van der Waals surface area (Å²) in [5.74, 6) is 0. The van der Waals surface area contributed by atoms with Crippen molar-refractivity contribution in [1.29, 1.82) is 0 Å². The van der Waals surface area contributed by atoms with E-state index >= 15 is 0 Å². The maximum Gasteiger partial charge on any atom is 1.00 e. The summed E-state index contributed by atoms with van der Waals surface area (Å²) in [6.07, 6.45) is 0. The first-order valence-electron chi connectivity index (χ1n) is 2.34. The smallest absolute Gasteiger partial charge is 1.00 e. The van der Waals surface area contributed by atoms with E-state index in [1.165, 1.54) is 0 Å². The zero-order valence-electron chi connectivity index (χ0n) is 8.88. The van der Waals surface area contributed by atoms with Gasteiger partial charge in [-0.2, -0.15) is 0 Å². The maximum atomic E-state index is 10.7. The summed E-state index contributed by atoms with van der Waals surface area (Å²) in [6.45, 7) is 0. The molecule has 0 saturated carbocycles. The predicted molar refractivity (Wildman–Crippen MR) is 40.3 cm³/mol. The Kier molecular flexibility index (Phi) is 8.17. The molecule has 1 rings (SSSR count). The molecule has 0 bridgehead atoms. The summed E-state index contributed by atoms with van der Waals surface area (Å²) in [6, 6.07) is 0. The van der Waals surface area contributed by atoms with Crippen LogP contribution in [0.2, 0.25) is 0 Å². The minimum Gasteiger partial charge on any atom is -1.00 e. The van der Waals surface area contributed by atoms with E-state index in [2.05, 4.69) is 0 Å². The largest absolute Gasteiger partial charge is 1.00 e. The van der Waals surface area contributed by atoms with Gasteiger partial charge in [0.05, 0.1) is 0 Å². The molecule has 13 heavy (non-hydrogen) atoms. The number of rotatable bonds is 0. The van der Waals surface area contributed by atoms with Gasteiger partial charge in [-0.1, -0.05) is 0 Å². The van der Waals surface area contributed by atoms with Gasteiger partial charge in [0.1, 0.15) is 0 Å². The van der Waals surface area contributed by atoms with E-state index in [4.69, 9.17) is 23.6 Å². The molecule has 6 nitrogen and oxygen atoms in total. The Hall–Kier alpha value is 0.990. The minimum absolute atomic E-state index is 0. The summed E-state index contributed by atoms with van der Waals surface area (Å²) in [7, 11) is 0. The van der Waals surface area contributed by atoms with Crippen molar-refractivity contribution in [2.24, 2.45) is 0 Å². The Morgan fingerprint density at radius 2 is 1.31 bits per heavy atom. The van der Waals surface area contributed by atoms with Crippen molar-refractivity contribution in [3.8, 4) is 0 Å². The number of nitrogens with one attached hydrogen (secondary N) is 1. The number of hydrogen-bond acceptors (Lipinski definition) is 3. The Bertz CT molecular complexity index is 420. The molecular formula is C3H3Cl2N3Na2O3. The van der Waals surface area contributed by atoms with Gasteiger partial charge in [0, 0.05) is 23.6 Å². The van der Waals surface area contributed by atoms with Crippen LogP contribution in [0.4, 0.5) is 0 Å². The van der Waals surface area contributed by atoms with Gasteiger partial charge in [-0.3, -0.25) is 4.98 Å². The fourth-order valence-corrected chi connectivity index (χ4v) is 0.715. The van der Waals surface area contributed by atoms with E-state index in [1.54, 1.807) is 4.98 Å². The molecule has 0 saturated heterocycles. The predicted octanol–water partition coefficient (Wildman–Crippen LogP) is -7.06. The van der Waals surface area contributed by atoms with E-state index < -0.39 is 17.1 Å². The summed E-state index contributed by atoms with van der Waals surface area (Å²) in [5.41, 5.74) is -3.13. The molecule has 0 aromatic carbocycles. The molecule has 1 aromatic heterocycles. The van der Waals surface area contributed by atoms with Crippen LogP contribution in [-0.4, -0.2) is 13.2 Å². The first-order valence-corrected chi connectivity index (χ1v) is 3.02. The zero-order chi connectivity index (χ0) is 8.59. The third kappa shape index (κ3) is 3.56. The molecule has 0 atom stereocenters. The van der Waals surface area contributed by atoms with Crippen molar-refractivity contribution in [3.05, 3.63) is 31.5 Å². The third-order valence-electron chi connectivity index (χ3n) is 0.906. The molecule has 0 unspecified atom stereocenters. The normalized spacial score (nSPS) is 8.46. The van der Waals surface area contributed by atoms with Crippen LogP contribution in [0.3, 0.4) is 0 Å². The third-order valence-corrected chi connectivity index (χ3v) is 1.50. The molecule has 1 aromatic rings. The van der Waals surface area contributed by atoms with E-state index in [9.17, 15) is 14.4 Å². The first kappa shape index (κ1) is 16.4. The Labute approximate surface area is 129 Å². The Balaban J connectivity index is -0.000000151. The number of H-pyrrole nitrogens is 1. The van der Waals surface area contributed by atoms with Gasteiger partial charge in [-0.25, -0.2) is 14.4 Å². The van der Waals surface area contributed by atoms with Crippen molar-refractivity contribution in [1.82, 2.24) is 13.2 Å². The number of aromatic nitrogens is 3. The van der Waals surface area contributed by atoms with Gasteiger partial charge in [0.2, 0.25) is 0 Å². The van der Waals surface area contributed by atoms with E-state index in [0.29, 0.717) is 0 Å². The standard InChI is InChI=1S/C3HCl2N3O3.2Na.2H/c4-7-1(9)6-2(10)8(5)3(7)11;;;;/h(H,6,9,10);;;;/q;2*+1;2*-1. The summed E-state index contributed by atoms with van der Waals surface area (Å²) < 4.78 is 0.322. The van der Waals surface area contributed by atoms with E-state index in [0.717, 1.165) is 0 Å². The van der Waals surface area contributed by atoms with Gasteiger partial charge in [0.25, 0.3) is 0 Å². The second-order valence-corrected chi connectivity index (χ2v) is 2.26. The second-order valence-electron chi connectivity index (χ2n) is 1.58. The van der Waals surface area contributed by atoms with Gasteiger partial charge >= 0.3 is 76.2 Å². The summed E-state index contributed by atoms with van der Waals surface area (Å²) >= 11 is 10.1. The average molecular weight is 246 g/mol. The SMILES string of the molecule is O=c1[nH]c(=O)n(Cl)c(=O)n1Cl.[H-].[H-].[Na+].[Na+]. The molecule has 0 radical (unpaired) electrons. The number of hydrogen-bond donors (Lipinski definition) is 1. The van der Waals surface area contributed by atoms with Crippen molar-refractivity contribution >= 4 is 23.6 Å².